The zero-order valence-corrected chi connectivity index (χ0v) is 19.1. The van der Waals surface area contributed by atoms with E-state index in [1.807, 2.05) is 42.5 Å². The fourth-order valence-electron chi connectivity index (χ4n) is 3.47. The molecule has 0 spiro atoms. The lowest BCUT2D eigenvalue weighted by Gasteiger charge is -2.07. The maximum absolute atomic E-state index is 13.7. The second-order valence-electron chi connectivity index (χ2n) is 7.72. The van der Waals surface area contributed by atoms with Crippen molar-refractivity contribution in [3.05, 3.63) is 96.3 Å². The quantitative estimate of drug-likeness (QED) is 0.326. The molecule has 0 aliphatic heterocycles. The van der Waals surface area contributed by atoms with Gasteiger partial charge in [0.25, 0.3) is 0 Å². The van der Waals surface area contributed by atoms with Crippen molar-refractivity contribution >= 4 is 29.0 Å². The molecule has 0 aliphatic rings. The average molecular weight is 470 g/mol. The van der Waals surface area contributed by atoms with E-state index in [-0.39, 0.29) is 17.5 Å². The summed E-state index contributed by atoms with van der Waals surface area (Å²) in [6.07, 6.45) is 0. The monoisotopic (exact) mass is 469 g/mol. The van der Waals surface area contributed by atoms with Gasteiger partial charge in [-0.3, -0.25) is 4.79 Å². The number of nitrogens with one attached hydrogen (secondary N) is 1. The summed E-state index contributed by atoms with van der Waals surface area (Å²) in [6.45, 7) is 1.67. The lowest BCUT2D eigenvalue weighted by Crippen LogP contribution is -2.14. The van der Waals surface area contributed by atoms with Gasteiger partial charge < -0.3 is 5.32 Å². The van der Waals surface area contributed by atoms with Crippen LogP contribution in [0, 0.1) is 12.7 Å². The van der Waals surface area contributed by atoms with Crippen molar-refractivity contribution in [2.45, 2.75) is 12.1 Å². The number of fused-ring (bicyclic) bond motifs is 1. The zero-order chi connectivity index (χ0) is 23.5. The molecule has 8 heteroatoms. The number of aryl methyl sites for hydroxylation is 1. The molecule has 3 aromatic carbocycles. The lowest BCUT2D eigenvalue weighted by molar-refractivity contribution is -0.113. The maximum atomic E-state index is 13.7. The number of thioether (sulfide) groups is 1. The Bertz CT molecular complexity index is 1470. The smallest absolute Gasteiger partial charge is 0.234 e. The summed E-state index contributed by atoms with van der Waals surface area (Å²) in [7, 11) is 0. The first-order chi connectivity index (χ1) is 16.6. The molecular weight excluding hydrogens is 449 g/mol. The normalized spacial score (nSPS) is 11.0. The highest BCUT2D eigenvalue weighted by atomic mass is 32.2. The van der Waals surface area contributed by atoms with Gasteiger partial charge in [0.2, 0.25) is 11.1 Å². The van der Waals surface area contributed by atoms with Gasteiger partial charge in [0.1, 0.15) is 5.82 Å². The second kappa shape index (κ2) is 9.44. The number of anilines is 1. The van der Waals surface area contributed by atoms with Crippen molar-refractivity contribution in [3.63, 3.8) is 0 Å². The van der Waals surface area contributed by atoms with Gasteiger partial charge in [0, 0.05) is 11.3 Å². The highest BCUT2D eigenvalue weighted by molar-refractivity contribution is 7.99. The van der Waals surface area contributed by atoms with Crippen LogP contribution in [-0.4, -0.2) is 31.5 Å². The molecule has 5 aromatic rings. The number of benzene rings is 3. The fraction of sp³-hybridized carbons (Fsp3) is 0.0769. The average Bonchev–Trinajstić information content (AvgIpc) is 3.28. The number of halogens is 1. The number of carbonyl (C=O) groups excluding carboxylic acids is 1. The molecular formula is C26H20FN5OS. The van der Waals surface area contributed by atoms with E-state index in [0.717, 1.165) is 22.4 Å². The number of hydrogen-bond donors (Lipinski definition) is 1. The first-order valence-corrected chi connectivity index (χ1v) is 11.6. The Labute approximate surface area is 199 Å². The predicted molar refractivity (Wildman–Crippen MR) is 132 cm³/mol. The third kappa shape index (κ3) is 4.67. The van der Waals surface area contributed by atoms with Gasteiger partial charge in [-0.2, -0.15) is 9.61 Å². The van der Waals surface area contributed by atoms with Gasteiger partial charge in [-0.1, -0.05) is 72.4 Å². The van der Waals surface area contributed by atoms with E-state index < -0.39 is 0 Å². The van der Waals surface area contributed by atoms with Gasteiger partial charge in [-0.15, -0.1) is 10.2 Å². The molecule has 0 fully saturated rings. The molecule has 0 saturated carbocycles. The van der Waals surface area contributed by atoms with Crippen LogP contribution < -0.4 is 5.32 Å². The summed E-state index contributed by atoms with van der Waals surface area (Å²) in [5, 5.41) is 16.2. The number of hydrogen-bond acceptors (Lipinski definition) is 5. The van der Waals surface area contributed by atoms with Crippen LogP contribution in [0.4, 0.5) is 10.1 Å². The Balaban J connectivity index is 1.31. The number of nitrogens with zero attached hydrogens (tertiary/aromatic N) is 4. The van der Waals surface area contributed by atoms with Gasteiger partial charge in [-0.05, 0) is 47.9 Å². The second-order valence-corrected chi connectivity index (χ2v) is 8.66. The summed E-state index contributed by atoms with van der Waals surface area (Å²) < 4.78 is 15.3. The molecule has 1 amide bonds. The van der Waals surface area contributed by atoms with Gasteiger partial charge >= 0.3 is 0 Å². The molecule has 5 rings (SSSR count). The van der Waals surface area contributed by atoms with Crippen molar-refractivity contribution in [2.75, 3.05) is 11.1 Å². The van der Waals surface area contributed by atoms with Crippen molar-refractivity contribution in [1.82, 2.24) is 19.8 Å². The number of aromatic nitrogens is 4. The van der Waals surface area contributed by atoms with Crippen molar-refractivity contribution in [2.24, 2.45) is 0 Å². The van der Waals surface area contributed by atoms with Crippen LogP contribution in [0.5, 0.6) is 0 Å². The molecule has 0 atom stereocenters. The Morgan fingerprint density at radius 3 is 2.41 bits per heavy atom. The molecule has 0 radical (unpaired) electrons. The SMILES string of the molecule is Cc1ccc(NC(=O)CSc2nnc3ccc(-c4ccc(-c5ccccc5)cc4)nn23)cc1F. The molecule has 0 aliphatic carbocycles. The number of amides is 1. The molecule has 168 valence electrons. The number of carbonyl (C=O) groups is 1. The van der Waals surface area contributed by atoms with Crippen molar-refractivity contribution in [1.29, 1.82) is 0 Å². The van der Waals surface area contributed by atoms with E-state index in [2.05, 4.69) is 44.9 Å². The largest absolute Gasteiger partial charge is 0.325 e. The van der Waals surface area contributed by atoms with Crippen LogP contribution >= 0.6 is 11.8 Å². The Morgan fingerprint density at radius 2 is 1.65 bits per heavy atom. The summed E-state index contributed by atoms with van der Waals surface area (Å²) >= 11 is 1.22. The third-order valence-corrected chi connectivity index (χ3v) is 6.23. The van der Waals surface area contributed by atoms with E-state index in [9.17, 15) is 9.18 Å². The first-order valence-electron chi connectivity index (χ1n) is 10.6. The molecule has 0 unspecified atom stereocenters. The van der Waals surface area contributed by atoms with Gasteiger partial charge in [-0.25, -0.2) is 4.39 Å². The van der Waals surface area contributed by atoms with Crippen LogP contribution in [-0.2, 0) is 4.79 Å². The minimum Gasteiger partial charge on any atom is -0.325 e. The van der Waals surface area contributed by atoms with E-state index in [4.69, 9.17) is 0 Å². The molecule has 2 aromatic heterocycles. The Hall–Kier alpha value is -4.04. The summed E-state index contributed by atoms with van der Waals surface area (Å²) in [5.74, 6) is -0.534. The Morgan fingerprint density at radius 1 is 0.912 bits per heavy atom. The van der Waals surface area contributed by atoms with Crippen LogP contribution in [0.1, 0.15) is 5.56 Å². The Kier molecular flexibility index (Phi) is 6.05. The minimum absolute atomic E-state index is 0.0912. The fourth-order valence-corrected chi connectivity index (χ4v) is 4.16. The van der Waals surface area contributed by atoms with Crippen molar-refractivity contribution in [3.8, 4) is 22.4 Å². The van der Waals surface area contributed by atoms with Crippen LogP contribution in [0.25, 0.3) is 28.0 Å². The minimum atomic E-state index is -0.359. The third-order valence-electron chi connectivity index (χ3n) is 5.31. The molecule has 2 heterocycles. The molecule has 6 nitrogen and oxygen atoms in total. The molecule has 34 heavy (non-hydrogen) atoms. The first kappa shape index (κ1) is 21.8. The molecule has 0 saturated heterocycles. The van der Waals surface area contributed by atoms with E-state index in [1.54, 1.807) is 23.6 Å². The summed E-state index contributed by atoms with van der Waals surface area (Å²) in [5.41, 5.74) is 5.55. The maximum Gasteiger partial charge on any atom is 0.234 e. The van der Waals surface area contributed by atoms with Gasteiger partial charge in [0.05, 0.1) is 11.4 Å². The topological polar surface area (TPSA) is 72.2 Å². The zero-order valence-electron chi connectivity index (χ0n) is 18.3. The highest BCUT2D eigenvalue weighted by Crippen LogP contribution is 2.25. The van der Waals surface area contributed by atoms with Crippen LogP contribution in [0.15, 0.2) is 90.1 Å². The van der Waals surface area contributed by atoms with Crippen molar-refractivity contribution < 1.29 is 9.18 Å². The predicted octanol–water partition coefficient (Wildman–Crippen LogP) is 5.64. The highest BCUT2D eigenvalue weighted by Gasteiger charge is 2.12. The summed E-state index contributed by atoms with van der Waals surface area (Å²) in [6, 6.07) is 26.7. The van der Waals surface area contributed by atoms with E-state index in [1.165, 1.54) is 17.8 Å². The number of rotatable bonds is 6. The van der Waals surface area contributed by atoms with E-state index >= 15 is 0 Å². The summed E-state index contributed by atoms with van der Waals surface area (Å²) in [4.78, 5) is 12.3. The molecule has 0 bridgehead atoms. The standard InChI is InChI=1S/C26H20FN5OS/c1-17-7-12-21(15-22(17)27)28-25(33)16-34-26-30-29-24-14-13-23(31-32(24)26)20-10-8-19(9-11-20)18-5-3-2-4-6-18/h2-15H,16H2,1H3,(H,28,33). The lowest BCUT2D eigenvalue weighted by atomic mass is 10.0. The van der Waals surface area contributed by atoms with Crippen LogP contribution in [0.2, 0.25) is 0 Å². The van der Waals surface area contributed by atoms with E-state index in [0.29, 0.717) is 22.1 Å². The molecule has 1 N–H and O–H groups in total. The van der Waals surface area contributed by atoms with Crippen LogP contribution in [0.3, 0.4) is 0 Å². The van der Waals surface area contributed by atoms with Gasteiger partial charge in [0.15, 0.2) is 5.65 Å².